The number of ether oxygens (including phenoxy) is 4. The van der Waals surface area contributed by atoms with E-state index in [2.05, 4.69) is 0 Å². The highest BCUT2D eigenvalue weighted by Crippen LogP contribution is 2.52. The largest absolute Gasteiger partial charge is 0.456 e. The highest BCUT2D eigenvalue weighted by Gasteiger charge is 2.56. The van der Waals surface area contributed by atoms with Gasteiger partial charge in [-0.3, -0.25) is 0 Å². The van der Waals surface area contributed by atoms with Gasteiger partial charge in [0.05, 0.1) is 24.4 Å². The number of fused-ring (bicyclic) bond motifs is 4. The maximum Gasteiger partial charge on any atom is 0.331 e. The molecule has 6 unspecified atom stereocenters. The smallest absolute Gasteiger partial charge is 0.331 e. The number of hydrogen-bond acceptors (Lipinski definition) is 6. The Balaban J connectivity index is 1.09. The summed E-state index contributed by atoms with van der Waals surface area (Å²) >= 11 is 0. The Labute approximate surface area is 190 Å². The summed E-state index contributed by atoms with van der Waals surface area (Å²) in [6, 6.07) is 0. The molecular weight excluding hydrogens is 408 g/mol. The topological polar surface area (TPSA) is 71.1 Å². The Kier molecular flexibility index (Phi) is 5.37. The van der Waals surface area contributed by atoms with Crippen LogP contribution in [0.4, 0.5) is 0 Å². The van der Waals surface area contributed by atoms with E-state index in [-0.39, 0.29) is 12.2 Å². The molecule has 32 heavy (non-hydrogen) atoms. The van der Waals surface area contributed by atoms with Crippen LogP contribution in [0.1, 0.15) is 89.9 Å². The van der Waals surface area contributed by atoms with Crippen LogP contribution in [0.5, 0.6) is 0 Å². The van der Waals surface area contributed by atoms with E-state index in [1.54, 1.807) is 0 Å². The molecular formula is C26H36O6. The van der Waals surface area contributed by atoms with Gasteiger partial charge < -0.3 is 18.9 Å². The zero-order chi connectivity index (χ0) is 21.8. The molecule has 176 valence electrons. The average Bonchev–Trinajstić information content (AvgIpc) is 3.60. The van der Waals surface area contributed by atoms with E-state index in [4.69, 9.17) is 18.9 Å². The van der Waals surface area contributed by atoms with Crippen molar-refractivity contribution in [2.45, 2.75) is 126 Å². The molecule has 6 heteroatoms. The van der Waals surface area contributed by atoms with Gasteiger partial charge in [-0.25, -0.2) is 9.59 Å². The lowest BCUT2D eigenvalue weighted by Gasteiger charge is -2.38. The van der Waals surface area contributed by atoms with E-state index in [0.717, 1.165) is 89.9 Å². The normalized spacial score (nSPS) is 41.0. The Morgan fingerprint density at radius 3 is 1.38 bits per heavy atom. The van der Waals surface area contributed by atoms with E-state index in [1.807, 2.05) is 0 Å². The van der Waals surface area contributed by atoms with Crippen molar-refractivity contribution in [3.8, 4) is 0 Å². The highest BCUT2D eigenvalue weighted by molar-refractivity contribution is 5.92. The van der Waals surface area contributed by atoms with Crippen LogP contribution in [0, 0.1) is 11.8 Å². The molecule has 2 saturated carbocycles. The summed E-state index contributed by atoms with van der Waals surface area (Å²) in [5, 5.41) is 0. The standard InChI is InChI=1S/C26H36O6/c27-23(31-25(11-1-2-12-25)19-15-17-5-7-21(19)29-17)9-10-24(28)32-26(13-3-4-14-26)20-16-18-6-8-22(20)30-18/h9-10,17-22H,1-8,11-16H2. The SMILES string of the molecule is O=C(C=CC(=O)OC1(C2CC3CCC2O3)CCCC1)OC1(C2CC3CCC2O3)CCCC1. The molecule has 0 radical (unpaired) electrons. The van der Waals surface area contributed by atoms with Crippen molar-refractivity contribution in [2.24, 2.45) is 11.8 Å². The average molecular weight is 445 g/mol. The molecule has 0 N–H and O–H groups in total. The van der Waals surface area contributed by atoms with E-state index in [0.29, 0.717) is 24.0 Å². The number of carbonyl (C=O) groups excluding carboxylic acids is 2. The zero-order valence-corrected chi connectivity index (χ0v) is 19.0. The minimum atomic E-state index is -0.421. The third-order valence-electron chi connectivity index (χ3n) is 9.43. The van der Waals surface area contributed by atoms with Gasteiger partial charge in [0.15, 0.2) is 0 Å². The Bertz CT molecular complexity index is 713. The van der Waals surface area contributed by atoms with Gasteiger partial charge >= 0.3 is 11.9 Å². The second-order valence-corrected chi connectivity index (χ2v) is 11.2. The second-order valence-electron chi connectivity index (χ2n) is 11.2. The summed E-state index contributed by atoms with van der Waals surface area (Å²) in [5.41, 5.74) is -0.837. The molecule has 6 atom stereocenters. The Morgan fingerprint density at radius 1 is 0.656 bits per heavy atom. The van der Waals surface area contributed by atoms with Gasteiger partial charge in [-0.1, -0.05) is 0 Å². The Morgan fingerprint density at radius 2 is 1.06 bits per heavy atom. The van der Waals surface area contributed by atoms with Gasteiger partial charge in [0, 0.05) is 24.0 Å². The summed E-state index contributed by atoms with van der Waals surface area (Å²) < 4.78 is 24.3. The van der Waals surface area contributed by atoms with Gasteiger partial charge in [0.25, 0.3) is 0 Å². The number of esters is 2. The van der Waals surface area contributed by atoms with Gasteiger partial charge in [-0.15, -0.1) is 0 Å². The molecule has 0 aromatic rings. The van der Waals surface area contributed by atoms with E-state index >= 15 is 0 Å². The van der Waals surface area contributed by atoms with Crippen molar-refractivity contribution in [1.82, 2.24) is 0 Å². The molecule has 2 aliphatic carbocycles. The lowest BCUT2D eigenvalue weighted by Crippen LogP contribution is -2.45. The van der Waals surface area contributed by atoms with Crippen LogP contribution in [-0.4, -0.2) is 47.6 Å². The van der Waals surface area contributed by atoms with Crippen LogP contribution in [0.3, 0.4) is 0 Å². The third kappa shape index (κ3) is 3.62. The number of rotatable bonds is 6. The lowest BCUT2D eigenvalue weighted by molar-refractivity contribution is -0.165. The predicted octanol–water partition coefficient (Wildman–Crippen LogP) is 4.39. The maximum atomic E-state index is 12.8. The molecule has 0 amide bonds. The number of hydrogen-bond donors (Lipinski definition) is 0. The van der Waals surface area contributed by atoms with Crippen LogP contribution in [0.25, 0.3) is 0 Å². The first-order valence-corrected chi connectivity index (χ1v) is 13.0. The van der Waals surface area contributed by atoms with Gasteiger partial charge in [-0.2, -0.15) is 0 Å². The molecule has 6 nitrogen and oxygen atoms in total. The molecule has 0 spiro atoms. The summed E-state index contributed by atoms with van der Waals surface area (Å²) in [6.45, 7) is 0. The molecule has 4 heterocycles. The van der Waals surface area contributed by atoms with Gasteiger partial charge in [0.1, 0.15) is 11.2 Å². The van der Waals surface area contributed by atoms with Crippen molar-refractivity contribution in [2.75, 3.05) is 0 Å². The van der Waals surface area contributed by atoms with Crippen molar-refractivity contribution in [3.63, 3.8) is 0 Å². The first-order valence-electron chi connectivity index (χ1n) is 13.0. The fraction of sp³-hybridized carbons (Fsp3) is 0.846. The molecule has 6 fully saturated rings. The summed E-state index contributed by atoms with van der Waals surface area (Å²) in [6.07, 6.45) is 18.1. The van der Waals surface area contributed by atoms with E-state index in [1.165, 1.54) is 12.2 Å². The van der Waals surface area contributed by atoms with Crippen molar-refractivity contribution in [1.29, 1.82) is 0 Å². The van der Waals surface area contributed by atoms with Crippen molar-refractivity contribution < 1.29 is 28.5 Å². The second kappa shape index (κ2) is 8.12. The molecule has 0 aromatic heterocycles. The minimum absolute atomic E-state index is 0.228. The van der Waals surface area contributed by atoms with Crippen molar-refractivity contribution in [3.05, 3.63) is 12.2 Å². The van der Waals surface area contributed by atoms with E-state index in [9.17, 15) is 9.59 Å². The fourth-order valence-corrected chi connectivity index (χ4v) is 8.03. The van der Waals surface area contributed by atoms with Gasteiger partial charge in [-0.05, 0) is 89.9 Å². The molecule has 4 saturated heterocycles. The van der Waals surface area contributed by atoms with Crippen LogP contribution in [-0.2, 0) is 28.5 Å². The highest BCUT2D eigenvalue weighted by atomic mass is 16.6. The summed E-state index contributed by atoms with van der Waals surface area (Å²) in [7, 11) is 0. The minimum Gasteiger partial charge on any atom is -0.456 e. The summed E-state index contributed by atoms with van der Waals surface area (Å²) in [5.74, 6) is -0.245. The first kappa shape index (κ1) is 21.2. The van der Waals surface area contributed by atoms with E-state index < -0.39 is 23.1 Å². The van der Waals surface area contributed by atoms with Crippen LogP contribution in [0.15, 0.2) is 12.2 Å². The maximum absolute atomic E-state index is 12.8. The molecule has 4 bridgehead atoms. The molecule has 0 aromatic carbocycles. The van der Waals surface area contributed by atoms with Crippen LogP contribution in [0.2, 0.25) is 0 Å². The fourth-order valence-electron chi connectivity index (χ4n) is 8.03. The molecule has 4 aliphatic heterocycles. The monoisotopic (exact) mass is 444 g/mol. The van der Waals surface area contributed by atoms with Gasteiger partial charge in [0.2, 0.25) is 0 Å². The lowest BCUT2D eigenvalue weighted by atomic mass is 9.75. The van der Waals surface area contributed by atoms with Crippen LogP contribution < -0.4 is 0 Å². The molecule has 6 aliphatic rings. The molecule has 6 rings (SSSR count). The Hall–Kier alpha value is -1.40. The first-order chi connectivity index (χ1) is 15.6. The zero-order valence-electron chi connectivity index (χ0n) is 19.0. The third-order valence-corrected chi connectivity index (χ3v) is 9.43. The quantitative estimate of drug-likeness (QED) is 0.447. The summed E-state index contributed by atoms with van der Waals surface area (Å²) in [4.78, 5) is 25.5. The number of carbonyl (C=O) groups is 2. The van der Waals surface area contributed by atoms with Crippen molar-refractivity contribution >= 4 is 11.9 Å². The predicted molar refractivity (Wildman–Crippen MR) is 116 cm³/mol. The van der Waals surface area contributed by atoms with Crippen LogP contribution >= 0.6 is 0 Å².